The minimum absolute atomic E-state index is 0.0152. The van der Waals surface area contributed by atoms with E-state index in [1.54, 1.807) is 48.5 Å². The smallest absolute Gasteiger partial charge is 0.323 e. The molecule has 0 spiro atoms. The molecule has 2 aliphatic rings. The Morgan fingerprint density at radius 3 is 2.73 bits per heavy atom. The molecular formula is C28H30N8O4. The predicted octanol–water partition coefficient (Wildman–Crippen LogP) is 3.99. The number of aliphatic imine (C=N–C) groups is 1. The van der Waals surface area contributed by atoms with Crippen molar-refractivity contribution < 1.29 is 19.1 Å². The Balaban J connectivity index is 1.42. The molecule has 0 saturated heterocycles. The summed E-state index contributed by atoms with van der Waals surface area (Å²) in [5.74, 6) is 0.440. The summed E-state index contributed by atoms with van der Waals surface area (Å²) in [5.41, 5.74) is 2.23. The quantitative estimate of drug-likeness (QED) is 0.382. The van der Waals surface area contributed by atoms with Crippen molar-refractivity contribution in [3.05, 3.63) is 60.4 Å². The highest BCUT2D eigenvalue weighted by atomic mass is 16.5. The van der Waals surface area contributed by atoms with Crippen LogP contribution in [0.4, 0.5) is 33.5 Å². The average molecular weight is 543 g/mol. The van der Waals surface area contributed by atoms with E-state index in [2.05, 4.69) is 36.2 Å². The molecule has 0 fully saturated rings. The molecule has 0 aliphatic carbocycles. The van der Waals surface area contributed by atoms with Crippen molar-refractivity contribution in [2.45, 2.75) is 25.2 Å². The number of carbonyl (C=O) groups is 3. The van der Waals surface area contributed by atoms with Gasteiger partial charge in [0.05, 0.1) is 23.5 Å². The number of hydrogen-bond acceptors (Lipinski definition) is 8. The lowest BCUT2D eigenvalue weighted by molar-refractivity contribution is -0.130. The predicted molar refractivity (Wildman–Crippen MR) is 153 cm³/mol. The minimum atomic E-state index is -0.694. The molecule has 3 aromatic rings. The Bertz CT molecular complexity index is 1430. The van der Waals surface area contributed by atoms with Crippen LogP contribution in [0.25, 0.3) is 0 Å². The lowest BCUT2D eigenvalue weighted by Crippen LogP contribution is -2.29. The van der Waals surface area contributed by atoms with Crippen molar-refractivity contribution in [2.75, 3.05) is 48.0 Å². The van der Waals surface area contributed by atoms with Gasteiger partial charge in [-0.25, -0.2) is 14.8 Å². The first-order chi connectivity index (χ1) is 19.5. The Hall–Kier alpha value is -5.00. The van der Waals surface area contributed by atoms with Crippen LogP contribution in [0.2, 0.25) is 0 Å². The Morgan fingerprint density at radius 2 is 1.88 bits per heavy atom. The van der Waals surface area contributed by atoms with Crippen molar-refractivity contribution >= 4 is 52.8 Å². The van der Waals surface area contributed by atoms with E-state index in [4.69, 9.17) is 4.74 Å². The van der Waals surface area contributed by atoms with Gasteiger partial charge in [-0.3, -0.25) is 14.6 Å². The van der Waals surface area contributed by atoms with Crippen LogP contribution in [-0.4, -0.2) is 65.7 Å². The largest absolute Gasteiger partial charge is 0.491 e. The molecule has 5 rings (SSSR count). The molecule has 1 aromatic heterocycles. The number of amides is 4. The van der Waals surface area contributed by atoms with Crippen LogP contribution < -0.4 is 26.0 Å². The van der Waals surface area contributed by atoms with Gasteiger partial charge in [-0.1, -0.05) is 18.2 Å². The average Bonchev–Trinajstić information content (AvgIpc) is 3.28. The standard InChI is InChI=1S/C28H30N8O4/c1-36-13-6-12-29-25-24-20(27(38)35-26(24)32-17-31-25)16-30-19-10-11-21(22(15-19)40-14-5-9-23(36)37)34-28(39)33-18-7-3-2-4-8-18/h2-4,7-8,10-11,15-17,20H,5-6,9,12-14H2,1H3,(H2,33,34,39)(H2,29,31,32,35,38). The van der Waals surface area contributed by atoms with Gasteiger partial charge in [0.15, 0.2) is 0 Å². The molecule has 40 heavy (non-hydrogen) atoms. The molecule has 1 unspecified atom stereocenters. The molecule has 2 bridgehead atoms. The van der Waals surface area contributed by atoms with Gasteiger partial charge in [-0.15, -0.1) is 0 Å². The SMILES string of the molecule is CN1CCCNc2ncnc3c2C(C=Nc2ccc(NC(=O)Nc4ccccc4)c(c2)OCCCC1=O)C(=O)N3. The van der Waals surface area contributed by atoms with Crippen LogP contribution in [-0.2, 0) is 9.59 Å². The molecule has 12 heteroatoms. The summed E-state index contributed by atoms with van der Waals surface area (Å²) in [7, 11) is 1.77. The zero-order valence-corrected chi connectivity index (χ0v) is 22.0. The first-order valence-corrected chi connectivity index (χ1v) is 13.1. The second-order valence-corrected chi connectivity index (χ2v) is 9.40. The van der Waals surface area contributed by atoms with Gasteiger partial charge in [0.1, 0.15) is 29.6 Å². The number of nitrogens with zero attached hydrogens (tertiary/aromatic N) is 4. The van der Waals surface area contributed by atoms with Crippen molar-refractivity contribution in [1.82, 2.24) is 14.9 Å². The topological polar surface area (TPSA) is 150 Å². The van der Waals surface area contributed by atoms with E-state index in [0.717, 1.165) is 0 Å². The van der Waals surface area contributed by atoms with Gasteiger partial charge in [-0.05, 0) is 37.1 Å². The molecule has 206 valence electrons. The maximum Gasteiger partial charge on any atom is 0.323 e. The van der Waals surface area contributed by atoms with E-state index in [-0.39, 0.29) is 18.4 Å². The molecule has 4 N–H and O–H groups in total. The highest BCUT2D eigenvalue weighted by Crippen LogP contribution is 2.35. The fraction of sp³-hybridized carbons (Fsp3) is 0.286. The second kappa shape index (κ2) is 12.2. The number of urea groups is 1. The van der Waals surface area contributed by atoms with Gasteiger partial charge in [-0.2, -0.15) is 0 Å². The fourth-order valence-electron chi connectivity index (χ4n) is 4.42. The number of para-hydroxylation sites is 1. The third kappa shape index (κ3) is 6.34. The zero-order valence-electron chi connectivity index (χ0n) is 22.0. The van der Waals surface area contributed by atoms with Crippen molar-refractivity contribution in [3.8, 4) is 5.75 Å². The first kappa shape index (κ1) is 26.6. The highest BCUT2D eigenvalue weighted by molar-refractivity contribution is 6.13. The Labute approximate surface area is 231 Å². The normalized spacial score (nSPS) is 17.4. The lowest BCUT2D eigenvalue weighted by Gasteiger charge is -2.18. The summed E-state index contributed by atoms with van der Waals surface area (Å²) >= 11 is 0. The number of rotatable bonds is 2. The molecule has 4 amide bonds. The van der Waals surface area contributed by atoms with Crippen LogP contribution in [0.1, 0.15) is 30.7 Å². The summed E-state index contributed by atoms with van der Waals surface area (Å²) in [6, 6.07) is 13.7. The van der Waals surface area contributed by atoms with E-state index in [1.807, 2.05) is 18.2 Å². The van der Waals surface area contributed by atoms with Gasteiger partial charge >= 0.3 is 6.03 Å². The fourth-order valence-corrected chi connectivity index (χ4v) is 4.42. The minimum Gasteiger partial charge on any atom is -0.491 e. The molecule has 12 nitrogen and oxygen atoms in total. The number of benzene rings is 2. The molecule has 2 aromatic carbocycles. The number of ether oxygens (including phenoxy) is 1. The van der Waals surface area contributed by atoms with Crippen molar-refractivity contribution in [3.63, 3.8) is 0 Å². The summed E-state index contributed by atoms with van der Waals surface area (Å²) in [5, 5.41) is 11.6. The van der Waals surface area contributed by atoms with Crippen LogP contribution >= 0.6 is 0 Å². The third-order valence-corrected chi connectivity index (χ3v) is 6.52. The van der Waals surface area contributed by atoms with E-state index in [1.165, 1.54) is 6.33 Å². The van der Waals surface area contributed by atoms with E-state index in [0.29, 0.717) is 72.4 Å². The molecule has 1 atom stereocenters. The summed E-state index contributed by atoms with van der Waals surface area (Å²) in [4.78, 5) is 52.8. The number of nitrogens with one attached hydrogen (secondary N) is 4. The molecule has 2 aliphatic heterocycles. The maximum absolute atomic E-state index is 12.8. The first-order valence-electron chi connectivity index (χ1n) is 13.1. The van der Waals surface area contributed by atoms with Gasteiger partial charge in [0, 0.05) is 44.5 Å². The van der Waals surface area contributed by atoms with E-state index >= 15 is 0 Å². The summed E-state index contributed by atoms with van der Waals surface area (Å²) in [6.07, 6.45) is 4.47. The van der Waals surface area contributed by atoms with Crippen molar-refractivity contribution in [2.24, 2.45) is 4.99 Å². The van der Waals surface area contributed by atoms with Crippen LogP contribution in [0.5, 0.6) is 5.75 Å². The molecule has 0 saturated carbocycles. The van der Waals surface area contributed by atoms with Gasteiger partial charge in [0.2, 0.25) is 11.8 Å². The monoisotopic (exact) mass is 542 g/mol. The number of fused-ring (bicyclic) bond motifs is 2. The van der Waals surface area contributed by atoms with E-state index in [9.17, 15) is 14.4 Å². The Kier molecular flexibility index (Phi) is 8.14. The number of anilines is 4. The van der Waals surface area contributed by atoms with Crippen LogP contribution in [0.3, 0.4) is 0 Å². The van der Waals surface area contributed by atoms with Crippen LogP contribution in [0, 0.1) is 0 Å². The summed E-state index contributed by atoms with van der Waals surface area (Å²) < 4.78 is 6.00. The highest BCUT2D eigenvalue weighted by Gasteiger charge is 2.33. The molecular weight excluding hydrogens is 512 g/mol. The van der Waals surface area contributed by atoms with Gasteiger partial charge in [0.25, 0.3) is 0 Å². The Morgan fingerprint density at radius 1 is 1.05 bits per heavy atom. The van der Waals surface area contributed by atoms with Crippen molar-refractivity contribution in [1.29, 1.82) is 0 Å². The lowest BCUT2D eigenvalue weighted by atomic mass is 10.0. The zero-order chi connectivity index (χ0) is 27.9. The molecule has 0 radical (unpaired) electrons. The second-order valence-electron chi connectivity index (χ2n) is 9.40. The van der Waals surface area contributed by atoms with Crippen LogP contribution in [0.15, 0.2) is 59.9 Å². The van der Waals surface area contributed by atoms with Gasteiger partial charge < -0.3 is 30.9 Å². The molecule has 3 heterocycles. The third-order valence-electron chi connectivity index (χ3n) is 6.52. The van der Waals surface area contributed by atoms with E-state index < -0.39 is 11.9 Å². The number of carbonyl (C=O) groups excluding carboxylic acids is 3. The maximum atomic E-state index is 12.8. The summed E-state index contributed by atoms with van der Waals surface area (Å²) in [6.45, 7) is 1.40. The number of hydrogen-bond donors (Lipinski definition) is 4. The number of aromatic nitrogens is 2.